The highest BCUT2D eigenvalue weighted by Gasteiger charge is 2.35. The molecule has 1 saturated heterocycles. The zero-order valence-electron chi connectivity index (χ0n) is 9.01. The molecule has 0 spiro atoms. The summed E-state index contributed by atoms with van der Waals surface area (Å²) >= 11 is 0. The van der Waals surface area contributed by atoms with Crippen molar-refractivity contribution < 1.29 is 13.2 Å². The Morgan fingerprint density at radius 2 is 2.19 bits per heavy atom. The first-order valence-electron chi connectivity index (χ1n) is 5.31. The molecule has 0 amide bonds. The van der Waals surface area contributed by atoms with Crippen LogP contribution in [0.1, 0.15) is 36.7 Å². The Hall–Kier alpha value is -1.04. The molecule has 0 aliphatic carbocycles. The summed E-state index contributed by atoms with van der Waals surface area (Å²) in [5, 5.41) is 5.82. The molecule has 16 heavy (non-hydrogen) atoms. The summed E-state index contributed by atoms with van der Waals surface area (Å²) < 4.78 is 37.1. The van der Waals surface area contributed by atoms with E-state index in [1.165, 1.54) is 0 Å². The lowest BCUT2D eigenvalue weighted by Crippen LogP contribution is -2.29. The van der Waals surface area contributed by atoms with Crippen molar-refractivity contribution in [2.24, 2.45) is 0 Å². The molecule has 1 aliphatic heterocycles. The smallest absolute Gasteiger partial charge is 0.298 e. The van der Waals surface area contributed by atoms with Crippen LogP contribution in [0.25, 0.3) is 0 Å². The fraction of sp³-hybridized carbons (Fsp3) is 0.700. The van der Waals surface area contributed by atoms with Crippen molar-refractivity contribution in [3.05, 3.63) is 17.5 Å². The van der Waals surface area contributed by atoms with E-state index in [2.05, 4.69) is 15.1 Å². The first-order valence-corrected chi connectivity index (χ1v) is 5.31. The topological polar surface area (TPSA) is 31.9 Å². The molecule has 90 valence electrons. The fourth-order valence-electron chi connectivity index (χ4n) is 2.12. The molecule has 1 aliphatic rings. The molecule has 1 unspecified atom stereocenters. The van der Waals surface area contributed by atoms with Gasteiger partial charge in [-0.25, -0.2) is 0 Å². The Morgan fingerprint density at radius 1 is 1.44 bits per heavy atom. The highest BCUT2D eigenvalue weighted by molar-refractivity contribution is 5.15. The number of halogens is 3. The van der Waals surface area contributed by atoms with E-state index in [1.807, 2.05) is 7.05 Å². The van der Waals surface area contributed by atoms with Gasteiger partial charge in [0.15, 0.2) is 5.69 Å². The lowest BCUT2D eigenvalue weighted by Gasteiger charge is -2.31. The SMILES string of the molecule is CN1CCCCC1c1cc(C(F)(F)F)n[nH]1. The number of rotatable bonds is 1. The number of piperidine rings is 1. The van der Waals surface area contributed by atoms with E-state index in [9.17, 15) is 13.2 Å². The number of aromatic nitrogens is 2. The Balaban J connectivity index is 2.18. The first-order chi connectivity index (χ1) is 7.48. The molecule has 0 saturated carbocycles. The van der Waals surface area contributed by atoms with Gasteiger partial charge in [-0.05, 0) is 32.5 Å². The lowest BCUT2D eigenvalue weighted by molar-refractivity contribution is -0.141. The quantitative estimate of drug-likeness (QED) is 0.808. The number of hydrogen-bond acceptors (Lipinski definition) is 2. The van der Waals surface area contributed by atoms with Crippen LogP contribution in [0.5, 0.6) is 0 Å². The summed E-state index contributed by atoms with van der Waals surface area (Å²) in [5.74, 6) is 0. The van der Waals surface area contributed by atoms with E-state index in [-0.39, 0.29) is 6.04 Å². The van der Waals surface area contributed by atoms with E-state index in [0.29, 0.717) is 5.69 Å². The zero-order chi connectivity index (χ0) is 11.8. The van der Waals surface area contributed by atoms with Crippen LogP contribution in [0.15, 0.2) is 6.07 Å². The second kappa shape index (κ2) is 4.08. The first kappa shape index (κ1) is 11.4. The van der Waals surface area contributed by atoms with Crippen LogP contribution >= 0.6 is 0 Å². The molecule has 2 heterocycles. The Morgan fingerprint density at radius 3 is 2.75 bits per heavy atom. The van der Waals surface area contributed by atoms with Crippen LogP contribution < -0.4 is 0 Å². The summed E-state index contributed by atoms with van der Waals surface area (Å²) in [6.45, 7) is 0.922. The molecule has 1 aromatic heterocycles. The molecule has 1 aromatic rings. The molecular weight excluding hydrogens is 219 g/mol. The van der Waals surface area contributed by atoms with Crippen molar-refractivity contribution in [3.8, 4) is 0 Å². The van der Waals surface area contributed by atoms with Crippen molar-refractivity contribution in [1.29, 1.82) is 0 Å². The van der Waals surface area contributed by atoms with Gasteiger partial charge in [0.2, 0.25) is 0 Å². The van der Waals surface area contributed by atoms with Crippen LogP contribution in [0.4, 0.5) is 13.2 Å². The van der Waals surface area contributed by atoms with Gasteiger partial charge in [-0.3, -0.25) is 10.00 Å². The average molecular weight is 233 g/mol. The normalized spacial score (nSPS) is 23.6. The van der Waals surface area contributed by atoms with Gasteiger partial charge in [0, 0.05) is 0 Å². The third kappa shape index (κ3) is 2.21. The Labute approximate surface area is 91.6 Å². The van der Waals surface area contributed by atoms with Crippen molar-refractivity contribution in [3.63, 3.8) is 0 Å². The van der Waals surface area contributed by atoms with Gasteiger partial charge in [0.05, 0.1) is 11.7 Å². The fourth-order valence-corrected chi connectivity index (χ4v) is 2.12. The average Bonchev–Trinajstić information content (AvgIpc) is 2.66. The number of H-pyrrole nitrogens is 1. The third-order valence-corrected chi connectivity index (χ3v) is 3.02. The van der Waals surface area contributed by atoms with Gasteiger partial charge in [0.1, 0.15) is 0 Å². The van der Waals surface area contributed by atoms with Gasteiger partial charge in [0.25, 0.3) is 0 Å². The second-order valence-electron chi connectivity index (χ2n) is 4.20. The van der Waals surface area contributed by atoms with Crippen LogP contribution in [0, 0.1) is 0 Å². The van der Waals surface area contributed by atoms with E-state index < -0.39 is 11.9 Å². The summed E-state index contributed by atoms with van der Waals surface area (Å²) in [7, 11) is 1.93. The number of nitrogens with one attached hydrogen (secondary N) is 1. The molecule has 0 bridgehead atoms. The summed E-state index contributed by atoms with van der Waals surface area (Å²) in [5.41, 5.74) is -0.268. The summed E-state index contributed by atoms with van der Waals surface area (Å²) in [6, 6.07) is 1.16. The second-order valence-corrected chi connectivity index (χ2v) is 4.20. The number of alkyl halides is 3. The summed E-state index contributed by atoms with van der Waals surface area (Å²) in [4.78, 5) is 2.07. The maximum Gasteiger partial charge on any atom is 0.435 e. The van der Waals surface area contributed by atoms with Gasteiger partial charge >= 0.3 is 6.18 Å². The maximum atomic E-state index is 12.4. The molecule has 0 radical (unpaired) electrons. The molecule has 6 heteroatoms. The molecule has 1 N–H and O–H groups in total. The lowest BCUT2D eigenvalue weighted by atomic mass is 10.00. The Kier molecular flexibility index (Phi) is 2.92. The van der Waals surface area contributed by atoms with Crippen molar-refractivity contribution in [2.45, 2.75) is 31.5 Å². The number of likely N-dealkylation sites (tertiary alicyclic amines) is 1. The van der Waals surface area contributed by atoms with Crippen LogP contribution in [-0.2, 0) is 6.18 Å². The van der Waals surface area contributed by atoms with Crippen LogP contribution in [0.3, 0.4) is 0 Å². The molecule has 1 fully saturated rings. The summed E-state index contributed by atoms with van der Waals surface area (Å²) in [6.07, 6.45) is -1.32. The maximum absolute atomic E-state index is 12.4. The number of hydrogen-bond donors (Lipinski definition) is 1. The molecular formula is C10H14F3N3. The highest BCUT2D eigenvalue weighted by atomic mass is 19.4. The van der Waals surface area contributed by atoms with Crippen molar-refractivity contribution in [2.75, 3.05) is 13.6 Å². The predicted molar refractivity (Wildman–Crippen MR) is 52.8 cm³/mol. The van der Waals surface area contributed by atoms with E-state index >= 15 is 0 Å². The number of aromatic amines is 1. The molecule has 0 aromatic carbocycles. The van der Waals surface area contributed by atoms with Gasteiger partial charge in [-0.1, -0.05) is 6.42 Å². The predicted octanol–water partition coefficient (Wildman–Crippen LogP) is 2.59. The van der Waals surface area contributed by atoms with Gasteiger partial charge < -0.3 is 0 Å². The third-order valence-electron chi connectivity index (χ3n) is 3.02. The minimum atomic E-state index is -4.36. The minimum Gasteiger partial charge on any atom is -0.298 e. The Bertz CT molecular complexity index is 358. The molecule has 2 rings (SSSR count). The monoisotopic (exact) mass is 233 g/mol. The van der Waals surface area contributed by atoms with E-state index in [0.717, 1.165) is 31.9 Å². The van der Waals surface area contributed by atoms with Crippen LogP contribution in [0.2, 0.25) is 0 Å². The van der Waals surface area contributed by atoms with Gasteiger partial charge in [-0.2, -0.15) is 18.3 Å². The standard InChI is InChI=1S/C10H14F3N3/c1-16-5-3-2-4-8(16)7-6-9(15-14-7)10(11,12)13/h6,8H,2-5H2,1H3,(H,14,15). The van der Waals surface area contributed by atoms with Crippen molar-refractivity contribution >= 4 is 0 Å². The van der Waals surface area contributed by atoms with Gasteiger partial charge in [-0.15, -0.1) is 0 Å². The largest absolute Gasteiger partial charge is 0.435 e. The number of nitrogens with zero attached hydrogens (tertiary/aromatic N) is 2. The van der Waals surface area contributed by atoms with Crippen LogP contribution in [-0.4, -0.2) is 28.7 Å². The molecule has 1 atom stereocenters. The zero-order valence-corrected chi connectivity index (χ0v) is 9.01. The van der Waals surface area contributed by atoms with E-state index in [1.54, 1.807) is 0 Å². The highest BCUT2D eigenvalue weighted by Crippen LogP contribution is 2.32. The minimum absolute atomic E-state index is 0.0392. The van der Waals surface area contributed by atoms with E-state index in [4.69, 9.17) is 0 Å². The van der Waals surface area contributed by atoms with Crippen molar-refractivity contribution in [1.82, 2.24) is 15.1 Å². The molecule has 3 nitrogen and oxygen atoms in total.